The smallest absolute Gasteiger partial charge is 0.165 e. The Kier molecular flexibility index (Phi) is 4.48. The predicted octanol–water partition coefficient (Wildman–Crippen LogP) is 5.89. The summed E-state index contributed by atoms with van der Waals surface area (Å²) in [6.45, 7) is 0. The lowest BCUT2D eigenvalue weighted by Crippen LogP contribution is -1.88. The van der Waals surface area contributed by atoms with Crippen LogP contribution in [0, 0.1) is 11.6 Å². The van der Waals surface area contributed by atoms with E-state index >= 15 is 0 Å². The molecule has 0 saturated heterocycles. The number of benzene rings is 2. The van der Waals surface area contributed by atoms with E-state index in [-0.39, 0.29) is 11.6 Å². The summed E-state index contributed by atoms with van der Waals surface area (Å²) in [5.41, 5.74) is 2.99. The van der Waals surface area contributed by atoms with Crippen LogP contribution in [-0.2, 0) is 0 Å². The standard InChI is InChI=1S/C19H12F2N2OS2/c1-24-17-7-4-12(8-14(17)21)16-10-26-19(23-16)18-22-15(9-25-18)11-2-5-13(20)6-3-11/h2-10H,1H3. The number of rotatable bonds is 4. The number of thiazole rings is 2. The first kappa shape index (κ1) is 16.8. The van der Waals surface area contributed by atoms with E-state index in [2.05, 4.69) is 9.97 Å². The number of halogens is 2. The Bertz CT molecular complexity index is 1060. The topological polar surface area (TPSA) is 35.0 Å². The summed E-state index contributed by atoms with van der Waals surface area (Å²) < 4.78 is 31.9. The quantitative estimate of drug-likeness (QED) is 0.439. The first-order chi connectivity index (χ1) is 12.6. The zero-order valence-electron chi connectivity index (χ0n) is 13.6. The second-order valence-electron chi connectivity index (χ2n) is 5.43. The van der Waals surface area contributed by atoms with Crippen LogP contribution in [0.15, 0.2) is 53.2 Å². The highest BCUT2D eigenvalue weighted by molar-refractivity contribution is 7.20. The van der Waals surface area contributed by atoms with Crippen LogP contribution in [0.4, 0.5) is 8.78 Å². The second-order valence-corrected chi connectivity index (χ2v) is 7.15. The molecule has 4 aromatic rings. The van der Waals surface area contributed by atoms with E-state index < -0.39 is 5.82 Å². The van der Waals surface area contributed by atoms with Gasteiger partial charge in [0, 0.05) is 21.9 Å². The van der Waals surface area contributed by atoms with Gasteiger partial charge in [-0.05, 0) is 42.5 Å². The minimum Gasteiger partial charge on any atom is -0.494 e. The van der Waals surface area contributed by atoms with Crippen LogP contribution in [0.2, 0.25) is 0 Å². The molecule has 2 aromatic heterocycles. The van der Waals surface area contributed by atoms with Crippen molar-refractivity contribution in [3.63, 3.8) is 0 Å². The van der Waals surface area contributed by atoms with Crippen molar-refractivity contribution in [1.82, 2.24) is 9.97 Å². The molecule has 0 aliphatic carbocycles. The number of hydrogen-bond acceptors (Lipinski definition) is 5. The summed E-state index contributed by atoms with van der Waals surface area (Å²) in [4.78, 5) is 9.15. The van der Waals surface area contributed by atoms with Crippen LogP contribution in [0.5, 0.6) is 5.75 Å². The minimum atomic E-state index is -0.424. The van der Waals surface area contributed by atoms with Gasteiger partial charge in [-0.15, -0.1) is 22.7 Å². The maximum atomic E-state index is 13.9. The average molecular weight is 386 g/mol. The SMILES string of the molecule is COc1ccc(-c2csc(-c3nc(-c4ccc(F)cc4)cs3)n2)cc1F. The predicted molar refractivity (Wildman–Crippen MR) is 101 cm³/mol. The lowest BCUT2D eigenvalue weighted by atomic mass is 10.1. The fraction of sp³-hybridized carbons (Fsp3) is 0.0526. The van der Waals surface area contributed by atoms with Crippen molar-refractivity contribution in [2.45, 2.75) is 0 Å². The Morgan fingerprint density at radius 2 is 1.38 bits per heavy atom. The molecule has 0 bridgehead atoms. The molecule has 0 aliphatic heterocycles. The summed E-state index contributed by atoms with van der Waals surface area (Å²) in [6.07, 6.45) is 0. The van der Waals surface area contributed by atoms with E-state index in [4.69, 9.17) is 4.74 Å². The molecule has 4 rings (SSSR count). The monoisotopic (exact) mass is 386 g/mol. The molecular weight excluding hydrogens is 374 g/mol. The Hall–Kier alpha value is -2.64. The van der Waals surface area contributed by atoms with Crippen LogP contribution in [0.1, 0.15) is 0 Å². The van der Waals surface area contributed by atoms with Gasteiger partial charge in [0.2, 0.25) is 0 Å². The fourth-order valence-corrected chi connectivity index (χ4v) is 4.16. The van der Waals surface area contributed by atoms with Gasteiger partial charge < -0.3 is 4.74 Å². The van der Waals surface area contributed by atoms with Gasteiger partial charge in [0.25, 0.3) is 0 Å². The van der Waals surface area contributed by atoms with Gasteiger partial charge in [-0.1, -0.05) is 0 Å². The Morgan fingerprint density at radius 1 is 0.808 bits per heavy atom. The lowest BCUT2D eigenvalue weighted by molar-refractivity contribution is 0.386. The third kappa shape index (κ3) is 3.23. The minimum absolute atomic E-state index is 0.202. The van der Waals surface area contributed by atoms with Crippen molar-refractivity contribution in [3.05, 3.63) is 64.9 Å². The van der Waals surface area contributed by atoms with Gasteiger partial charge in [0.15, 0.2) is 21.6 Å². The largest absolute Gasteiger partial charge is 0.494 e. The van der Waals surface area contributed by atoms with Crippen LogP contribution in [0.25, 0.3) is 32.5 Å². The molecule has 0 spiro atoms. The van der Waals surface area contributed by atoms with Gasteiger partial charge in [-0.25, -0.2) is 18.7 Å². The molecule has 2 aromatic carbocycles. The van der Waals surface area contributed by atoms with Crippen molar-refractivity contribution in [2.24, 2.45) is 0 Å². The summed E-state index contributed by atoms with van der Waals surface area (Å²) in [5.74, 6) is -0.499. The van der Waals surface area contributed by atoms with E-state index in [9.17, 15) is 8.78 Å². The molecular formula is C19H12F2N2OS2. The van der Waals surface area contributed by atoms with Gasteiger partial charge in [0.1, 0.15) is 5.82 Å². The van der Waals surface area contributed by atoms with Crippen molar-refractivity contribution < 1.29 is 13.5 Å². The number of aromatic nitrogens is 2. The number of methoxy groups -OCH3 is 1. The van der Waals surface area contributed by atoms with E-state index in [0.29, 0.717) is 11.3 Å². The molecule has 0 fully saturated rings. The molecule has 3 nitrogen and oxygen atoms in total. The van der Waals surface area contributed by atoms with E-state index in [0.717, 1.165) is 21.3 Å². The van der Waals surface area contributed by atoms with E-state index in [1.165, 1.54) is 48.0 Å². The summed E-state index contributed by atoms with van der Waals surface area (Å²) in [6, 6.07) is 11.0. The number of ether oxygens (including phenoxy) is 1. The number of nitrogens with zero attached hydrogens (tertiary/aromatic N) is 2. The fourth-order valence-electron chi connectivity index (χ4n) is 2.46. The Balaban J connectivity index is 1.62. The van der Waals surface area contributed by atoms with Gasteiger partial charge in [-0.3, -0.25) is 0 Å². The van der Waals surface area contributed by atoms with Crippen molar-refractivity contribution >= 4 is 22.7 Å². The molecule has 0 amide bonds. The maximum absolute atomic E-state index is 13.9. The summed E-state index contributed by atoms with van der Waals surface area (Å²) >= 11 is 2.92. The van der Waals surface area contributed by atoms with Gasteiger partial charge >= 0.3 is 0 Å². The van der Waals surface area contributed by atoms with Crippen LogP contribution >= 0.6 is 22.7 Å². The van der Waals surface area contributed by atoms with Crippen molar-refractivity contribution in [1.29, 1.82) is 0 Å². The maximum Gasteiger partial charge on any atom is 0.165 e. The molecule has 0 N–H and O–H groups in total. The van der Waals surface area contributed by atoms with Crippen LogP contribution in [-0.4, -0.2) is 17.1 Å². The third-order valence-electron chi connectivity index (χ3n) is 3.78. The molecule has 0 radical (unpaired) electrons. The zero-order valence-corrected chi connectivity index (χ0v) is 15.2. The highest BCUT2D eigenvalue weighted by Crippen LogP contribution is 2.34. The first-order valence-electron chi connectivity index (χ1n) is 7.65. The third-order valence-corrected chi connectivity index (χ3v) is 5.61. The Labute approximate surface area is 156 Å². The Morgan fingerprint density at radius 3 is 1.96 bits per heavy atom. The molecule has 26 heavy (non-hydrogen) atoms. The van der Waals surface area contributed by atoms with Crippen molar-refractivity contribution in [2.75, 3.05) is 7.11 Å². The lowest BCUT2D eigenvalue weighted by Gasteiger charge is -2.02. The summed E-state index contributed by atoms with van der Waals surface area (Å²) in [5, 5.41) is 5.32. The molecule has 2 heterocycles. The number of hydrogen-bond donors (Lipinski definition) is 0. The van der Waals surface area contributed by atoms with Gasteiger partial charge in [-0.2, -0.15) is 0 Å². The van der Waals surface area contributed by atoms with E-state index in [1.807, 2.05) is 10.8 Å². The zero-order chi connectivity index (χ0) is 18.1. The molecule has 0 saturated carbocycles. The normalized spacial score (nSPS) is 10.9. The van der Waals surface area contributed by atoms with Gasteiger partial charge in [0.05, 0.1) is 18.5 Å². The molecule has 0 atom stereocenters. The molecule has 130 valence electrons. The average Bonchev–Trinajstić information content (AvgIpc) is 3.32. The highest BCUT2D eigenvalue weighted by Gasteiger charge is 2.13. The molecule has 7 heteroatoms. The molecule has 0 unspecified atom stereocenters. The van der Waals surface area contributed by atoms with E-state index in [1.54, 1.807) is 24.3 Å². The second kappa shape index (κ2) is 6.93. The van der Waals surface area contributed by atoms with Crippen LogP contribution in [0.3, 0.4) is 0 Å². The first-order valence-corrected chi connectivity index (χ1v) is 9.41. The van der Waals surface area contributed by atoms with Crippen LogP contribution < -0.4 is 4.74 Å². The summed E-state index contributed by atoms with van der Waals surface area (Å²) in [7, 11) is 1.43. The van der Waals surface area contributed by atoms with Crippen molar-refractivity contribution in [3.8, 4) is 38.3 Å². The highest BCUT2D eigenvalue weighted by atomic mass is 32.1. The molecule has 0 aliphatic rings.